The second kappa shape index (κ2) is 2.09. The third-order valence-corrected chi connectivity index (χ3v) is 1.02. The number of benzene rings is 1. The van der Waals surface area contributed by atoms with Crippen LogP contribution in [0.25, 0.3) is 0 Å². The highest BCUT2D eigenvalue weighted by Gasteiger charge is 1.98. The highest BCUT2D eigenvalue weighted by atomic mass is 19.1. The van der Waals surface area contributed by atoms with E-state index in [-0.39, 0.29) is 5.46 Å². The molecule has 0 unspecified atom stereocenters. The van der Waals surface area contributed by atoms with Crippen molar-refractivity contribution in [1.82, 2.24) is 0 Å². The Hall–Kier alpha value is -0.985. The molecule has 0 saturated heterocycles. The number of para-hydroxylation sites is 1. The molecule has 1 N–H and O–H groups in total. The van der Waals surface area contributed by atoms with E-state index in [4.69, 9.17) is 13.0 Å². The van der Waals surface area contributed by atoms with Crippen molar-refractivity contribution in [3.8, 4) is 5.75 Å². The van der Waals surface area contributed by atoms with Crippen molar-refractivity contribution in [3.63, 3.8) is 0 Å². The van der Waals surface area contributed by atoms with Gasteiger partial charge in [-0.3, -0.25) is 0 Å². The van der Waals surface area contributed by atoms with E-state index in [0.29, 0.717) is 0 Å². The minimum Gasteiger partial charge on any atom is -0.506 e. The Morgan fingerprint density at radius 2 is 2.11 bits per heavy atom. The topological polar surface area (TPSA) is 20.2 Å². The van der Waals surface area contributed by atoms with Crippen LogP contribution in [0.2, 0.25) is 0 Å². The van der Waals surface area contributed by atoms with E-state index in [1.165, 1.54) is 12.1 Å². The molecule has 3 heteroatoms. The molecule has 0 saturated carbocycles. The predicted octanol–water partition coefficient (Wildman–Crippen LogP) is 0.325. The Labute approximate surface area is 53.5 Å². The van der Waals surface area contributed by atoms with E-state index in [9.17, 15) is 4.39 Å². The summed E-state index contributed by atoms with van der Waals surface area (Å²) in [6.07, 6.45) is 0. The molecule has 2 radical (unpaired) electrons. The van der Waals surface area contributed by atoms with E-state index < -0.39 is 11.6 Å². The Morgan fingerprint density at radius 3 is 2.56 bits per heavy atom. The van der Waals surface area contributed by atoms with E-state index >= 15 is 0 Å². The number of aromatic hydroxyl groups is 1. The number of phenolic OH excluding ortho intramolecular Hbond substituents is 1. The molecule has 0 aliphatic rings. The van der Waals surface area contributed by atoms with Crippen LogP contribution in [0.4, 0.5) is 4.39 Å². The van der Waals surface area contributed by atoms with Crippen molar-refractivity contribution < 1.29 is 9.50 Å². The fourth-order valence-electron chi connectivity index (χ4n) is 0.532. The van der Waals surface area contributed by atoms with Gasteiger partial charge in [-0.25, -0.2) is 4.39 Å². The van der Waals surface area contributed by atoms with Crippen LogP contribution in [-0.4, -0.2) is 13.0 Å². The minimum atomic E-state index is -0.685. The largest absolute Gasteiger partial charge is 0.506 e. The van der Waals surface area contributed by atoms with Crippen LogP contribution in [-0.2, 0) is 0 Å². The second-order valence-electron chi connectivity index (χ2n) is 1.68. The average Bonchev–Trinajstić information content (AvgIpc) is 1.83. The molecule has 0 heterocycles. The van der Waals surface area contributed by atoms with Crippen molar-refractivity contribution in [2.24, 2.45) is 0 Å². The lowest BCUT2D eigenvalue weighted by Crippen LogP contribution is -2.02. The molecule has 0 bridgehead atoms. The quantitative estimate of drug-likeness (QED) is 0.491. The second-order valence-corrected chi connectivity index (χ2v) is 1.68. The van der Waals surface area contributed by atoms with Gasteiger partial charge in [-0.2, -0.15) is 0 Å². The monoisotopic (exact) mass is 122 g/mol. The predicted molar refractivity (Wildman–Crippen MR) is 33.5 cm³/mol. The smallest absolute Gasteiger partial charge is 0.164 e. The lowest BCUT2D eigenvalue weighted by atomic mass is 9.95. The van der Waals surface area contributed by atoms with Crippen LogP contribution in [0.1, 0.15) is 0 Å². The maximum Gasteiger partial charge on any atom is 0.164 e. The van der Waals surface area contributed by atoms with Crippen molar-refractivity contribution in [2.75, 3.05) is 0 Å². The van der Waals surface area contributed by atoms with Crippen molar-refractivity contribution in [1.29, 1.82) is 0 Å². The van der Waals surface area contributed by atoms with Gasteiger partial charge in [0, 0.05) is 0 Å². The Balaban J connectivity index is 3.25. The summed E-state index contributed by atoms with van der Waals surface area (Å²) in [6, 6.07) is 4.01. The van der Waals surface area contributed by atoms with Gasteiger partial charge in [-0.05, 0) is 6.07 Å². The van der Waals surface area contributed by atoms with Crippen LogP contribution in [0, 0.1) is 5.82 Å². The highest BCUT2D eigenvalue weighted by Crippen LogP contribution is 2.08. The van der Waals surface area contributed by atoms with Crippen LogP contribution in [0.5, 0.6) is 5.75 Å². The van der Waals surface area contributed by atoms with E-state index in [0.717, 1.165) is 6.07 Å². The van der Waals surface area contributed by atoms with Gasteiger partial charge in [-0.15, -0.1) is 0 Å². The first-order chi connectivity index (χ1) is 4.22. The Bertz CT molecular complexity index is 204. The van der Waals surface area contributed by atoms with Gasteiger partial charge in [0.25, 0.3) is 0 Å². The SMILES string of the molecule is [B]c1cccc(F)c1O. The third kappa shape index (κ3) is 1.04. The van der Waals surface area contributed by atoms with E-state index in [2.05, 4.69) is 0 Å². The van der Waals surface area contributed by atoms with Crippen LogP contribution < -0.4 is 5.46 Å². The summed E-state index contributed by atoms with van der Waals surface area (Å²) in [6.45, 7) is 0. The molecule has 0 aromatic heterocycles. The molecule has 44 valence electrons. The van der Waals surface area contributed by atoms with Crippen LogP contribution in [0.15, 0.2) is 18.2 Å². The summed E-state index contributed by atoms with van der Waals surface area (Å²) in [5.74, 6) is -1.16. The molecule has 1 aromatic carbocycles. The van der Waals surface area contributed by atoms with Gasteiger partial charge < -0.3 is 5.11 Å². The zero-order valence-electron chi connectivity index (χ0n) is 4.63. The lowest BCUT2D eigenvalue weighted by molar-refractivity contribution is 0.437. The fourth-order valence-corrected chi connectivity index (χ4v) is 0.532. The summed E-state index contributed by atoms with van der Waals surface area (Å²) >= 11 is 0. The van der Waals surface area contributed by atoms with Gasteiger partial charge in [0.1, 0.15) is 13.6 Å². The van der Waals surface area contributed by atoms with Crippen LogP contribution >= 0.6 is 0 Å². The van der Waals surface area contributed by atoms with Crippen molar-refractivity contribution in [2.45, 2.75) is 0 Å². The number of phenols is 1. The third-order valence-electron chi connectivity index (χ3n) is 1.02. The number of rotatable bonds is 0. The van der Waals surface area contributed by atoms with E-state index in [1.807, 2.05) is 0 Å². The zero-order valence-corrected chi connectivity index (χ0v) is 4.63. The van der Waals surface area contributed by atoms with Gasteiger partial charge in [0.15, 0.2) is 5.82 Å². The maximum absolute atomic E-state index is 12.2. The van der Waals surface area contributed by atoms with Crippen molar-refractivity contribution in [3.05, 3.63) is 24.0 Å². The molecule has 0 atom stereocenters. The van der Waals surface area contributed by atoms with Crippen molar-refractivity contribution >= 4 is 13.3 Å². The molecule has 9 heavy (non-hydrogen) atoms. The Morgan fingerprint density at radius 1 is 1.44 bits per heavy atom. The molecule has 0 spiro atoms. The Kier molecular flexibility index (Phi) is 1.43. The molecule has 0 fully saturated rings. The normalized spacial score (nSPS) is 9.44. The first-order valence-electron chi connectivity index (χ1n) is 2.45. The molecule has 1 aromatic rings. The molecular weight excluding hydrogens is 118 g/mol. The summed E-state index contributed by atoms with van der Waals surface area (Å²) in [5.41, 5.74) is 0.0648. The number of halogens is 1. The fraction of sp³-hybridized carbons (Fsp3) is 0. The average molecular weight is 122 g/mol. The number of hydrogen-bond acceptors (Lipinski definition) is 1. The highest BCUT2D eigenvalue weighted by molar-refractivity contribution is 6.34. The zero-order chi connectivity index (χ0) is 6.85. The molecule has 0 aliphatic heterocycles. The first-order valence-corrected chi connectivity index (χ1v) is 2.45. The maximum atomic E-state index is 12.2. The first kappa shape index (κ1) is 6.14. The standard InChI is InChI=1S/C6H4BFO/c7-4-2-1-3-5(8)6(4)9/h1-3,9H. The lowest BCUT2D eigenvalue weighted by Gasteiger charge is -1.96. The molecule has 1 rings (SSSR count). The van der Waals surface area contributed by atoms with Crippen LogP contribution in [0.3, 0.4) is 0 Å². The molecule has 1 nitrogen and oxygen atoms in total. The van der Waals surface area contributed by atoms with Gasteiger partial charge in [0.05, 0.1) is 0 Å². The van der Waals surface area contributed by atoms with Gasteiger partial charge in [-0.1, -0.05) is 17.6 Å². The minimum absolute atomic E-state index is 0.0648. The molecule has 0 amide bonds. The molecule has 0 aliphatic carbocycles. The van der Waals surface area contributed by atoms with Gasteiger partial charge >= 0.3 is 0 Å². The molecular formula is C6H4BFO. The van der Waals surface area contributed by atoms with E-state index in [1.54, 1.807) is 0 Å². The summed E-state index contributed by atoms with van der Waals surface area (Å²) < 4.78 is 12.2. The summed E-state index contributed by atoms with van der Waals surface area (Å²) in [5, 5.41) is 8.71. The number of hydrogen-bond donors (Lipinski definition) is 1. The van der Waals surface area contributed by atoms with Gasteiger partial charge in [0.2, 0.25) is 0 Å². The summed E-state index contributed by atoms with van der Waals surface area (Å²) in [7, 11) is 5.13. The summed E-state index contributed by atoms with van der Waals surface area (Å²) in [4.78, 5) is 0.